The number of ether oxygens (including phenoxy) is 1. The van der Waals surface area contributed by atoms with Crippen LogP contribution in [0.4, 0.5) is 0 Å². The molecule has 160 valence electrons. The highest BCUT2D eigenvalue weighted by Gasteiger charge is 2.20. The number of benzene rings is 1. The van der Waals surface area contributed by atoms with Crippen molar-refractivity contribution in [2.45, 2.75) is 64.3 Å². The van der Waals surface area contributed by atoms with Crippen LogP contribution in [0.25, 0.3) is 0 Å². The molecule has 2 N–H and O–H groups in total. The van der Waals surface area contributed by atoms with Gasteiger partial charge >= 0.3 is 0 Å². The van der Waals surface area contributed by atoms with Crippen LogP contribution in [0.1, 0.15) is 49.2 Å². The molecule has 6 nitrogen and oxygen atoms in total. The van der Waals surface area contributed by atoms with Gasteiger partial charge in [0.2, 0.25) is 0 Å². The number of H-pyrrole nitrogens is 1. The number of aliphatic hydroxyl groups excluding tert-OH is 1. The fraction of sp³-hybridized carbons (Fsp3) is 0.609. The van der Waals surface area contributed by atoms with Crippen LogP contribution in [0.3, 0.4) is 0 Å². The molecule has 1 fully saturated rings. The average molecular weight is 401 g/mol. The Morgan fingerprint density at radius 2 is 2.00 bits per heavy atom. The molecule has 0 unspecified atom stereocenters. The fourth-order valence-electron chi connectivity index (χ4n) is 4.15. The van der Waals surface area contributed by atoms with Gasteiger partial charge in [0.15, 0.2) is 0 Å². The van der Waals surface area contributed by atoms with Gasteiger partial charge in [-0.2, -0.15) is 0 Å². The minimum atomic E-state index is -0.476. The number of aliphatic hydroxyl groups is 1. The van der Waals surface area contributed by atoms with Crippen molar-refractivity contribution in [2.75, 3.05) is 27.2 Å². The summed E-state index contributed by atoms with van der Waals surface area (Å²) in [5, 5.41) is 10.4. The number of nitrogens with zero attached hydrogens (tertiary/aromatic N) is 3. The third-order valence-corrected chi connectivity index (χ3v) is 5.67. The molecule has 1 heterocycles. The highest BCUT2D eigenvalue weighted by molar-refractivity contribution is 5.28. The van der Waals surface area contributed by atoms with Gasteiger partial charge in [0, 0.05) is 31.0 Å². The third kappa shape index (κ3) is 7.14. The van der Waals surface area contributed by atoms with E-state index in [0.29, 0.717) is 19.2 Å². The second-order valence-corrected chi connectivity index (χ2v) is 8.53. The van der Waals surface area contributed by atoms with Crippen LogP contribution in [0, 0.1) is 6.92 Å². The van der Waals surface area contributed by atoms with Crippen LogP contribution in [-0.2, 0) is 13.1 Å². The molecule has 2 aromatic rings. The summed E-state index contributed by atoms with van der Waals surface area (Å²) in [6.07, 6.45) is 7.84. The number of hydrogen-bond acceptors (Lipinski definition) is 5. The van der Waals surface area contributed by atoms with Crippen molar-refractivity contribution in [3.8, 4) is 5.75 Å². The number of aromatic nitrogens is 2. The summed E-state index contributed by atoms with van der Waals surface area (Å²) in [5.41, 5.74) is 2.26. The third-order valence-electron chi connectivity index (χ3n) is 5.67. The van der Waals surface area contributed by atoms with Crippen molar-refractivity contribution in [3.05, 3.63) is 47.5 Å². The minimum absolute atomic E-state index is 0.321. The van der Waals surface area contributed by atoms with Crippen LogP contribution in [0.5, 0.6) is 5.75 Å². The molecule has 1 atom stereocenters. The topological polar surface area (TPSA) is 64.6 Å². The summed E-state index contributed by atoms with van der Waals surface area (Å²) in [7, 11) is 4.20. The molecule has 3 rings (SSSR count). The zero-order valence-corrected chi connectivity index (χ0v) is 18.1. The van der Waals surface area contributed by atoms with Gasteiger partial charge < -0.3 is 19.7 Å². The van der Waals surface area contributed by atoms with Crippen LogP contribution in [0.15, 0.2) is 30.5 Å². The predicted octanol–water partition coefficient (Wildman–Crippen LogP) is 3.35. The first-order chi connectivity index (χ1) is 14.0. The Labute approximate surface area is 174 Å². The zero-order valence-electron chi connectivity index (χ0n) is 18.1. The summed E-state index contributed by atoms with van der Waals surface area (Å²) in [6.45, 7) is 4.57. The molecule has 29 heavy (non-hydrogen) atoms. The lowest BCUT2D eigenvalue weighted by atomic mass is 9.94. The first-order valence-electron chi connectivity index (χ1n) is 10.8. The van der Waals surface area contributed by atoms with E-state index in [1.165, 1.54) is 37.7 Å². The molecule has 0 aliphatic heterocycles. The highest BCUT2D eigenvalue weighted by atomic mass is 16.5. The van der Waals surface area contributed by atoms with Crippen LogP contribution < -0.4 is 4.74 Å². The van der Waals surface area contributed by atoms with Crippen molar-refractivity contribution in [1.29, 1.82) is 0 Å². The molecule has 0 amide bonds. The van der Waals surface area contributed by atoms with Crippen molar-refractivity contribution >= 4 is 0 Å². The number of aromatic amines is 1. The molecule has 0 bridgehead atoms. The maximum Gasteiger partial charge on any atom is 0.120 e. The Morgan fingerprint density at radius 3 is 2.72 bits per heavy atom. The van der Waals surface area contributed by atoms with Crippen molar-refractivity contribution < 1.29 is 9.84 Å². The van der Waals surface area contributed by atoms with Gasteiger partial charge in [0.1, 0.15) is 24.3 Å². The number of hydrogen-bond donors (Lipinski definition) is 2. The highest BCUT2D eigenvalue weighted by Crippen LogP contribution is 2.22. The van der Waals surface area contributed by atoms with E-state index in [-0.39, 0.29) is 0 Å². The van der Waals surface area contributed by atoms with E-state index in [1.54, 1.807) is 0 Å². The van der Waals surface area contributed by atoms with Crippen molar-refractivity contribution in [2.24, 2.45) is 0 Å². The quantitative estimate of drug-likeness (QED) is 0.640. The summed E-state index contributed by atoms with van der Waals surface area (Å²) in [5.74, 6) is 1.78. The molecule has 6 heteroatoms. The molecule has 1 saturated carbocycles. The minimum Gasteiger partial charge on any atom is -0.491 e. The molecular formula is C23H36N4O2. The van der Waals surface area contributed by atoms with Gasteiger partial charge in [-0.3, -0.25) is 4.90 Å². The summed E-state index contributed by atoms with van der Waals surface area (Å²) in [6, 6.07) is 8.73. The van der Waals surface area contributed by atoms with Gasteiger partial charge in [0.25, 0.3) is 0 Å². The average Bonchev–Trinajstić information content (AvgIpc) is 3.11. The zero-order chi connectivity index (χ0) is 20.6. The molecule has 1 aliphatic carbocycles. The largest absolute Gasteiger partial charge is 0.491 e. The van der Waals surface area contributed by atoms with Gasteiger partial charge in [-0.05, 0) is 51.6 Å². The van der Waals surface area contributed by atoms with E-state index in [0.717, 1.165) is 30.4 Å². The number of nitrogens with one attached hydrogen (secondary N) is 1. The first kappa shape index (κ1) is 21.8. The molecule has 1 aromatic carbocycles. The Morgan fingerprint density at radius 1 is 1.21 bits per heavy atom. The molecule has 0 saturated heterocycles. The monoisotopic (exact) mass is 400 g/mol. The number of aryl methyl sites for hydroxylation is 1. The van der Waals surface area contributed by atoms with E-state index in [9.17, 15) is 5.11 Å². The molecule has 0 spiro atoms. The first-order valence-corrected chi connectivity index (χ1v) is 10.8. The molecule has 0 radical (unpaired) electrons. The normalized spacial score (nSPS) is 16.5. The Balaban J connectivity index is 1.43. The van der Waals surface area contributed by atoms with Gasteiger partial charge in [0.05, 0.1) is 6.54 Å². The van der Waals surface area contributed by atoms with E-state index in [1.807, 2.05) is 25.3 Å². The maximum atomic E-state index is 10.4. The summed E-state index contributed by atoms with van der Waals surface area (Å²) < 4.78 is 5.89. The molecule has 1 aromatic heterocycles. The standard InChI is InChI=1S/C23H36N4O2/c1-18-13-24-23(25-18)16-26(2)14-19-8-7-11-22(12-19)29-17-21(28)15-27(3)20-9-5-4-6-10-20/h7-8,11-13,20-21,28H,4-6,9-10,14-17H2,1-3H3,(H,24,25)/t21-/m0/s1. The van der Waals surface area contributed by atoms with Crippen molar-refractivity contribution in [1.82, 2.24) is 19.8 Å². The van der Waals surface area contributed by atoms with E-state index in [4.69, 9.17) is 4.74 Å². The van der Waals surface area contributed by atoms with Gasteiger partial charge in [-0.1, -0.05) is 31.4 Å². The van der Waals surface area contributed by atoms with Gasteiger partial charge in [-0.15, -0.1) is 0 Å². The summed E-state index contributed by atoms with van der Waals surface area (Å²) >= 11 is 0. The fourth-order valence-corrected chi connectivity index (χ4v) is 4.15. The Bertz CT molecular complexity index is 742. The SMILES string of the molecule is Cc1cnc(CN(C)Cc2cccc(OC[C@@H](O)CN(C)C3CCCCC3)c2)[nH]1. The van der Waals surface area contributed by atoms with Crippen LogP contribution in [-0.4, -0.2) is 64.3 Å². The van der Waals surface area contributed by atoms with E-state index < -0.39 is 6.10 Å². The van der Waals surface area contributed by atoms with E-state index >= 15 is 0 Å². The van der Waals surface area contributed by atoms with Gasteiger partial charge in [-0.25, -0.2) is 4.98 Å². The maximum absolute atomic E-state index is 10.4. The van der Waals surface area contributed by atoms with Crippen LogP contribution >= 0.6 is 0 Å². The van der Waals surface area contributed by atoms with Crippen LogP contribution in [0.2, 0.25) is 0 Å². The Hall–Kier alpha value is -1.89. The lowest BCUT2D eigenvalue weighted by Crippen LogP contribution is -2.40. The lowest BCUT2D eigenvalue weighted by molar-refractivity contribution is 0.0561. The van der Waals surface area contributed by atoms with Crippen molar-refractivity contribution in [3.63, 3.8) is 0 Å². The summed E-state index contributed by atoms with van der Waals surface area (Å²) in [4.78, 5) is 12.1. The van der Waals surface area contributed by atoms with E-state index in [2.05, 4.69) is 46.0 Å². The predicted molar refractivity (Wildman–Crippen MR) is 116 cm³/mol. The second kappa shape index (κ2) is 10.8. The lowest BCUT2D eigenvalue weighted by Gasteiger charge is -2.32. The Kier molecular flexibility index (Phi) is 8.09. The molecule has 1 aliphatic rings. The molecular weight excluding hydrogens is 364 g/mol. The smallest absolute Gasteiger partial charge is 0.120 e. The number of likely N-dealkylation sites (N-methyl/N-ethyl adjacent to an activating group) is 1. The second-order valence-electron chi connectivity index (χ2n) is 8.53. The number of rotatable bonds is 10. The number of imidazole rings is 1.